The fourth-order valence-electron chi connectivity index (χ4n) is 6.15. The molecule has 8 heteroatoms. The topological polar surface area (TPSA) is 95.9 Å². The van der Waals surface area contributed by atoms with Crippen LogP contribution in [-0.4, -0.2) is 63.6 Å². The predicted octanol–water partition coefficient (Wildman–Crippen LogP) is 3.45. The van der Waals surface area contributed by atoms with Gasteiger partial charge in [0.25, 0.3) is 0 Å². The first-order chi connectivity index (χ1) is 16.4. The standard InChI is InChI=1S/C26H36N2O5S/c1-4-33-25(32)19-18-12-13-26(34-18)20(19)24(31)28(14-7-5-6-8-15-29)22(26)23(30)27-21-16(2)10-9-11-17(21)3/h9-11,18-20,22,29H,4-8,12-15H2,1-3H3,(H,27,30)/t18-,19+,20+,22?,26?/m1/s1. The zero-order valence-corrected chi connectivity index (χ0v) is 21.2. The van der Waals surface area contributed by atoms with E-state index in [2.05, 4.69) is 5.32 Å². The van der Waals surface area contributed by atoms with Crippen LogP contribution < -0.4 is 5.32 Å². The zero-order valence-electron chi connectivity index (χ0n) is 20.3. The smallest absolute Gasteiger partial charge is 0.310 e. The maximum absolute atomic E-state index is 13.9. The largest absolute Gasteiger partial charge is 0.466 e. The van der Waals surface area contributed by atoms with Crippen LogP contribution in [0.5, 0.6) is 0 Å². The molecular weight excluding hydrogens is 452 g/mol. The van der Waals surface area contributed by atoms with Crippen molar-refractivity contribution in [3.63, 3.8) is 0 Å². The number of ether oxygens (including phenoxy) is 1. The molecule has 0 saturated carbocycles. The number of benzene rings is 1. The Morgan fingerprint density at radius 2 is 1.91 bits per heavy atom. The average Bonchev–Trinajstić information content (AvgIpc) is 3.44. The van der Waals surface area contributed by atoms with Crippen LogP contribution in [0.2, 0.25) is 0 Å². The van der Waals surface area contributed by atoms with E-state index >= 15 is 0 Å². The van der Waals surface area contributed by atoms with Gasteiger partial charge in [-0.05, 0) is 57.6 Å². The lowest BCUT2D eigenvalue weighted by atomic mass is 9.71. The molecule has 0 aromatic heterocycles. The van der Waals surface area contributed by atoms with Crippen molar-refractivity contribution in [1.82, 2.24) is 4.90 Å². The number of anilines is 1. The first kappa shape index (κ1) is 25.0. The van der Waals surface area contributed by atoms with Gasteiger partial charge in [-0.15, -0.1) is 11.8 Å². The highest BCUT2D eigenvalue weighted by atomic mass is 32.2. The summed E-state index contributed by atoms with van der Waals surface area (Å²) in [4.78, 5) is 42.3. The Morgan fingerprint density at radius 1 is 1.21 bits per heavy atom. The van der Waals surface area contributed by atoms with Gasteiger partial charge in [0.15, 0.2) is 0 Å². The van der Waals surface area contributed by atoms with Gasteiger partial charge >= 0.3 is 5.97 Å². The van der Waals surface area contributed by atoms with Gasteiger partial charge in [-0.25, -0.2) is 0 Å². The second-order valence-electron chi connectivity index (χ2n) is 9.73. The number of aliphatic hydroxyl groups excluding tert-OH is 1. The summed E-state index contributed by atoms with van der Waals surface area (Å²) in [5, 5.41) is 12.2. The number of rotatable bonds is 10. The number of nitrogens with one attached hydrogen (secondary N) is 1. The number of nitrogens with zero attached hydrogens (tertiary/aromatic N) is 1. The number of esters is 1. The number of aryl methyl sites for hydroxylation is 2. The molecule has 7 nitrogen and oxygen atoms in total. The van der Waals surface area contributed by atoms with Crippen LogP contribution in [0.15, 0.2) is 18.2 Å². The molecule has 0 radical (unpaired) electrons. The molecule has 3 fully saturated rings. The summed E-state index contributed by atoms with van der Waals surface area (Å²) in [6.07, 6.45) is 4.83. The lowest BCUT2D eigenvalue weighted by Crippen LogP contribution is -2.51. The second kappa shape index (κ2) is 10.3. The third-order valence-corrected chi connectivity index (χ3v) is 9.60. The van der Waals surface area contributed by atoms with Gasteiger partial charge in [0, 0.05) is 24.1 Å². The van der Waals surface area contributed by atoms with Crippen molar-refractivity contribution >= 4 is 35.2 Å². The van der Waals surface area contributed by atoms with Crippen LogP contribution in [-0.2, 0) is 19.1 Å². The summed E-state index contributed by atoms with van der Waals surface area (Å²) in [7, 11) is 0. The van der Waals surface area contributed by atoms with Gasteiger partial charge < -0.3 is 20.1 Å². The Kier molecular flexibility index (Phi) is 7.57. The molecule has 3 saturated heterocycles. The highest BCUT2D eigenvalue weighted by Gasteiger charge is 2.73. The Balaban J connectivity index is 1.64. The fraction of sp³-hybridized carbons (Fsp3) is 0.654. The van der Waals surface area contributed by atoms with E-state index in [0.717, 1.165) is 55.3 Å². The van der Waals surface area contributed by atoms with E-state index in [4.69, 9.17) is 9.84 Å². The summed E-state index contributed by atoms with van der Waals surface area (Å²) in [6, 6.07) is 5.28. The molecule has 3 aliphatic rings. The SMILES string of the molecule is CCOC(=O)[C@@H]1[C@H]2C(=O)N(CCCCCCO)C(C(=O)Nc3c(C)cccc3C)C23CC[C@H]1S3. The Morgan fingerprint density at radius 3 is 2.59 bits per heavy atom. The minimum atomic E-state index is -0.615. The number of para-hydroxylation sites is 1. The van der Waals surface area contributed by atoms with Crippen molar-refractivity contribution in [2.45, 2.75) is 75.3 Å². The second-order valence-corrected chi connectivity index (χ2v) is 11.3. The predicted molar refractivity (Wildman–Crippen MR) is 133 cm³/mol. The number of unbranched alkanes of at least 4 members (excludes halogenated alkanes) is 3. The van der Waals surface area contributed by atoms with E-state index in [1.54, 1.807) is 23.6 Å². The lowest BCUT2D eigenvalue weighted by molar-refractivity contribution is -0.153. The molecule has 3 heterocycles. The number of carbonyl (C=O) groups excluding carboxylic acids is 3. The molecule has 1 aromatic rings. The summed E-state index contributed by atoms with van der Waals surface area (Å²) < 4.78 is 4.78. The monoisotopic (exact) mass is 488 g/mol. The average molecular weight is 489 g/mol. The Hall–Kier alpha value is -2.06. The zero-order chi connectivity index (χ0) is 24.5. The van der Waals surface area contributed by atoms with Crippen molar-refractivity contribution in [3.8, 4) is 0 Å². The van der Waals surface area contributed by atoms with Gasteiger partial charge in [0.2, 0.25) is 11.8 Å². The van der Waals surface area contributed by atoms with Crippen LogP contribution in [0.25, 0.3) is 0 Å². The van der Waals surface area contributed by atoms with E-state index in [1.807, 2.05) is 32.0 Å². The third-order valence-electron chi connectivity index (χ3n) is 7.64. The normalized spacial score (nSPS) is 29.4. The molecular formula is C26H36N2O5S. The molecule has 1 spiro atoms. The maximum Gasteiger partial charge on any atom is 0.310 e. The molecule has 0 aliphatic carbocycles. The molecule has 3 aliphatic heterocycles. The van der Waals surface area contributed by atoms with Crippen LogP contribution in [0.4, 0.5) is 5.69 Å². The Labute approximate surface area is 206 Å². The molecule has 34 heavy (non-hydrogen) atoms. The van der Waals surface area contributed by atoms with Gasteiger partial charge in [0.05, 0.1) is 23.2 Å². The van der Waals surface area contributed by atoms with Gasteiger partial charge in [-0.2, -0.15) is 0 Å². The van der Waals surface area contributed by atoms with E-state index < -0.39 is 22.6 Å². The molecule has 2 bridgehead atoms. The van der Waals surface area contributed by atoms with E-state index in [0.29, 0.717) is 6.54 Å². The number of amides is 2. The van der Waals surface area contributed by atoms with Crippen LogP contribution in [0.3, 0.4) is 0 Å². The van der Waals surface area contributed by atoms with Gasteiger partial charge in [0.1, 0.15) is 6.04 Å². The number of fused-ring (bicyclic) bond motifs is 1. The first-order valence-corrected chi connectivity index (χ1v) is 13.4. The molecule has 4 rings (SSSR count). The van der Waals surface area contributed by atoms with Crippen molar-refractivity contribution in [2.24, 2.45) is 11.8 Å². The molecule has 2 N–H and O–H groups in total. The Bertz CT molecular complexity index is 933. The van der Waals surface area contributed by atoms with Crippen molar-refractivity contribution in [1.29, 1.82) is 0 Å². The number of aliphatic hydroxyl groups is 1. The van der Waals surface area contributed by atoms with Crippen molar-refractivity contribution < 1.29 is 24.2 Å². The highest BCUT2D eigenvalue weighted by Crippen LogP contribution is 2.66. The highest BCUT2D eigenvalue weighted by molar-refractivity contribution is 8.02. The van der Waals surface area contributed by atoms with E-state index in [1.165, 1.54) is 0 Å². The first-order valence-electron chi connectivity index (χ1n) is 12.5. The molecule has 186 valence electrons. The molecule has 1 aromatic carbocycles. The van der Waals surface area contributed by atoms with Gasteiger partial charge in [-0.3, -0.25) is 14.4 Å². The quantitative estimate of drug-likeness (QED) is 0.387. The number of hydrogen-bond donors (Lipinski definition) is 2. The molecule has 5 atom stereocenters. The minimum absolute atomic E-state index is 0.0233. The van der Waals surface area contributed by atoms with E-state index in [9.17, 15) is 14.4 Å². The maximum atomic E-state index is 13.9. The summed E-state index contributed by atoms with van der Waals surface area (Å²) in [6.45, 7) is 6.64. The van der Waals surface area contributed by atoms with Crippen molar-refractivity contribution in [2.75, 3.05) is 25.1 Å². The number of thioether (sulfide) groups is 1. The number of hydrogen-bond acceptors (Lipinski definition) is 6. The number of carbonyl (C=O) groups is 3. The fourth-order valence-corrected chi connectivity index (χ4v) is 8.36. The van der Waals surface area contributed by atoms with Crippen molar-refractivity contribution in [3.05, 3.63) is 29.3 Å². The summed E-state index contributed by atoms with van der Waals surface area (Å²) in [5.74, 6) is -1.56. The minimum Gasteiger partial charge on any atom is -0.466 e. The summed E-state index contributed by atoms with van der Waals surface area (Å²) >= 11 is 1.66. The number of likely N-dealkylation sites (tertiary alicyclic amines) is 1. The van der Waals surface area contributed by atoms with Crippen LogP contribution in [0.1, 0.15) is 56.6 Å². The lowest BCUT2D eigenvalue weighted by Gasteiger charge is -2.34. The van der Waals surface area contributed by atoms with E-state index in [-0.39, 0.29) is 36.2 Å². The molecule has 2 amide bonds. The summed E-state index contributed by atoms with van der Waals surface area (Å²) in [5.41, 5.74) is 2.76. The third kappa shape index (κ3) is 4.24. The van der Waals surface area contributed by atoms with Crippen LogP contribution >= 0.6 is 11.8 Å². The van der Waals surface area contributed by atoms with Gasteiger partial charge in [-0.1, -0.05) is 31.0 Å². The van der Waals surface area contributed by atoms with Crippen LogP contribution in [0, 0.1) is 25.7 Å². The molecule has 2 unspecified atom stereocenters.